The molecule has 18 heavy (non-hydrogen) atoms. The van der Waals surface area contributed by atoms with Gasteiger partial charge in [0, 0.05) is 5.56 Å². The summed E-state index contributed by atoms with van der Waals surface area (Å²) >= 11 is 0. The highest BCUT2D eigenvalue weighted by atomic mass is 15.1. The molecule has 1 heteroatoms. The van der Waals surface area contributed by atoms with E-state index in [0.717, 1.165) is 0 Å². The van der Waals surface area contributed by atoms with Crippen LogP contribution in [-0.4, -0.2) is 13.1 Å². The van der Waals surface area contributed by atoms with E-state index in [1.54, 1.807) is 4.90 Å². The summed E-state index contributed by atoms with van der Waals surface area (Å²) < 4.78 is 0. The van der Waals surface area contributed by atoms with Gasteiger partial charge in [0.25, 0.3) is 0 Å². The standard InChI is InChI=1S/C17H21N/c1-14-11-15-7-3-4-8-16(15)12-17(14)13-18-9-5-2-6-10-18/h3-4,7-8,11-12H,2,5-6,9-10,13H2,1H3/p+1. The van der Waals surface area contributed by atoms with Crippen molar-refractivity contribution in [2.75, 3.05) is 13.1 Å². The maximum atomic E-state index is 2.40. The molecule has 1 nitrogen and oxygen atoms in total. The first-order valence-corrected chi connectivity index (χ1v) is 7.15. The molecule has 1 heterocycles. The summed E-state index contributed by atoms with van der Waals surface area (Å²) in [6.45, 7) is 6.17. The lowest BCUT2D eigenvalue weighted by molar-refractivity contribution is -0.918. The topological polar surface area (TPSA) is 4.44 Å². The van der Waals surface area contributed by atoms with E-state index < -0.39 is 0 Å². The molecule has 1 aliphatic rings. The third kappa shape index (κ3) is 2.41. The summed E-state index contributed by atoms with van der Waals surface area (Å²) in [7, 11) is 0. The van der Waals surface area contributed by atoms with Crippen LogP contribution in [0.5, 0.6) is 0 Å². The Morgan fingerprint density at radius 1 is 0.944 bits per heavy atom. The lowest BCUT2D eigenvalue weighted by Gasteiger charge is -2.24. The van der Waals surface area contributed by atoms with Gasteiger partial charge >= 0.3 is 0 Å². The number of likely N-dealkylation sites (tertiary alicyclic amines) is 1. The van der Waals surface area contributed by atoms with Gasteiger partial charge in [-0.3, -0.25) is 0 Å². The molecule has 2 aromatic carbocycles. The first-order valence-electron chi connectivity index (χ1n) is 7.15. The molecule has 0 aromatic heterocycles. The van der Waals surface area contributed by atoms with E-state index in [2.05, 4.69) is 43.3 Å². The minimum atomic E-state index is 1.21. The lowest BCUT2D eigenvalue weighted by atomic mass is 10.0. The average molecular weight is 240 g/mol. The second-order valence-electron chi connectivity index (χ2n) is 5.61. The number of nitrogens with one attached hydrogen (secondary N) is 1. The number of quaternary nitrogens is 1. The highest BCUT2D eigenvalue weighted by molar-refractivity contribution is 5.83. The molecule has 1 fully saturated rings. The predicted octanol–water partition coefficient (Wildman–Crippen LogP) is 2.72. The summed E-state index contributed by atoms with van der Waals surface area (Å²) in [4.78, 5) is 1.76. The highest BCUT2D eigenvalue weighted by Gasteiger charge is 2.15. The zero-order valence-corrected chi connectivity index (χ0v) is 11.2. The Hall–Kier alpha value is -1.34. The third-order valence-electron chi connectivity index (χ3n) is 4.21. The zero-order valence-electron chi connectivity index (χ0n) is 11.2. The minimum absolute atomic E-state index is 1.21. The lowest BCUT2D eigenvalue weighted by Crippen LogP contribution is -3.11. The fraction of sp³-hybridized carbons (Fsp3) is 0.412. The van der Waals surface area contributed by atoms with Crippen molar-refractivity contribution >= 4 is 10.8 Å². The summed E-state index contributed by atoms with van der Waals surface area (Å²) in [6.07, 6.45) is 4.24. The van der Waals surface area contributed by atoms with Crippen molar-refractivity contribution < 1.29 is 4.90 Å². The summed E-state index contributed by atoms with van der Waals surface area (Å²) in [6, 6.07) is 13.4. The third-order valence-corrected chi connectivity index (χ3v) is 4.21. The van der Waals surface area contributed by atoms with Gasteiger partial charge in [-0.2, -0.15) is 0 Å². The van der Waals surface area contributed by atoms with Gasteiger partial charge in [-0.1, -0.05) is 30.3 Å². The Morgan fingerprint density at radius 2 is 1.61 bits per heavy atom. The van der Waals surface area contributed by atoms with Gasteiger partial charge in [0.15, 0.2) is 0 Å². The first kappa shape index (κ1) is 11.7. The van der Waals surface area contributed by atoms with E-state index in [1.165, 1.54) is 60.8 Å². The smallest absolute Gasteiger partial charge is 0.103 e. The van der Waals surface area contributed by atoms with Crippen LogP contribution < -0.4 is 4.90 Å². The molecular weight excluding hydrogens is 218 g/mol. The van der Waals surface area contributed by atoms with Crippen molar-refractivity contribution in [2.45, 2.75) is 32.7 Å². The molecule has 1 N–H and O–H groups in total. The molecule has 0 unspecified atom stereocenters. The van der Waals surface area contributed by atoms with E-state index in [-0.39, 0.29) is 0 Å². The quantitative estimate of drug-likeness (QED) is 0.823. The Morgan fingerprint density at radius 3 is 2.33 bits per heavy atom. The zero-order chi connectivity index (χ0) is 12.4. The SMILES string of the molecule is Cc1cc2ccccc2cc1C[NH+]1CCCCC1. The fourth-order valence-electron chi connectivity index (χ4n) is 3.09. The molecule has 1 saturated heterocycles. The van der Waals surface area contributed by atoms with Gasteiger partial charge < -0.3 is 4.90 Å². The van der Waals surface area contributed by atoms with E-state index in [9.17, 15) is 0 Å². The highest BCUT2D eigenvalue weighted by Crippen LogP contribution is 2.19. The van der Waals surface area contributed by atoms with Crippen LogP contribution in [-0.2, 0) is 6.54 Å². The second-order valence-corrected chi connectivity index (χ2v) is 5.61. The number of fused-ring (bicyclic) bond motifs is 1. The maximum absolute atomic E-state index is 2.40. The number of hydrogen-bond acceptors (Lipinski definition) is 0. The van der Waals surface area contributed by atoms with Crippen LogP contribution >= 0.6 is 0 Å². The molecule has 0 bridgehead atoms. The van der Waals surface area contributed by atoms with Crippen molar-refractivity contribution in [3.63, 3.8) is 0 Å². The number of hydrogen-bond donors (Lipinski definition) is 1. The summed E-state index contributed by atoms with van der Waals surface area (Å²) in [5.41, 5.74) is 2.98. The summed E-state index contributed by atoms with van der Waals surface area (Å²) in [5, 5.41) is 2.75. The van der Waals surface area contributed by atoms with Crippen molar-refractivity contribution in [2.24, 2.45) is 0 Å². The molecule has 94 valence electrons. The molecule has 3 rings (SSSR count). The summed E-state index contributed by atoms with van der Waals surface area (Å²) in [5.74, 6) is 0. The van der Waals surface area contributed by atoms with E-state index in [4.69, 9.17) is 0 Å². The normalized spacial score (nSPS) is 17.2. The number of piperidine rings is 1. The van der Waals surface area contributed by atoms with Gasteiger partial charge in [-0.25, -0.2) is 0 Å². The van der Waals surface area contributed by atoms with Crippen molar-refractivity contribution in [3.05, 3.63) is 47.5 Å². The van der Waals surface area contributed by atoms with Gasteiger partial charge in [-0.05, 0) is 48.6 Å². The Kier molecular flexibility index (Phi) is 3.33. The van der Waals surface area contributed by atoms with Gasteiger partial charge in [0.1, 0.15) is 6.54 Å². The molecule has 0 saturated carbocycles. The number of aryl methyl sites for hydroxylation is 1. The molecule has 0 spiro atoms. The molecular formula is C17H22N+. The fourth-order valence-corrected chi connectivity index (χ4v) is 3.09. The van der Waals surface area contributed by atoms with Crippen LogP contribution in [0.1, 0.15) is 30.4 Å². The van der Waals surface area contributed by atoms with Gasteiger partial charge in [-0.15, -0.1) is 0 Å². The van der Waals surface area contributed by atoms with Gasteiger partial charge in [0.05, 0.1) is 13.1 Å². The van der Waals surface area contributed by atoms with Crippen molar-refractivity contribution in [1.82, 2.24) is 0 Å². The van der Waals surface area contributed by atoms with Crippen LogP contribution in [0.2, 0.25) is 0 Å². The number of rotatable bonds is 2. The van der Waals surface area contributed by atoms with E-state index in [0.29, 0.717) is 0 Å². The monoisotopic (exact) mass is 240 g/mol. The Bertz CT molecular complexity index is 538. The largest absolute Gasteiger partial charge is 0.331 e. The van der Waals surface area contributed by atoms with Gasteiger partial charge in [0.2, 0.25) is 0 Å². The van der Waals surface area contributed by atoms with E-state index in [1.807, 2.05) is 0 Å². The Labute approximate surface area is 109 Å². The molecule has 0 amide bonds. The average Bonchev–Trinajstić information content (AvgIpc) is 2.41. The molecule has 0 aliphatic carbocycles. The first-order chi connectivity index (χ1) is 8.83. The van der Waals surface area contributed by atoms with E-state index >= 15 is 0 Å². The molecule has 1 aliphatic heterocycles. The van der Waals surface area contributed by atoms with Crippen LogP contribution in [0, 0.1) is 6.92 Å². The van der Waals surface area contributed by atoms with Crippen LogP contribution in [0.15, 0.2) is 36.4 Å². The number of benzene rings is 2. The predicted molar refractivity (Wildman–Crippen MR) is 76.9 cm³/mol. The van der Waals surface area contributed by atoms with Crippen LogP contribution in [0.4, 0.5) is 0 Å². The second kappa shape index (κ2) is 5.11. The van der Waals surface area contributed by atoms with Crippen molar-refractivity contribution in [3.8, 4) is 0 Å². The molecule has 0 atom stereocenters. The molecule has 0 radical (unpaired) electrons. The minimum Gasteiger partial charge on any atom is -0.331 e. The Balaban J connectivity index is 1.88. The maximum Gasteiger partial charge on any atom is 0.103 e. The molecule has 2 aromatic rings. The van der Waals surface area contributed by atoms with Crippen LogP contribution in [0.3, 0.4) is 0 Å². The van der Waals surface area contributed by atoms with Crippen LogP contribution in [0.25, 0.3) is 10.8 Å². The van der Waals surface area contributed by atoms with Crippen molar-refractivity contribution in [1.29, 1.82) is 0 Å².